The van der Waals surface area contributed by atoms with Crippen molar-refractivity contribution in [3.63, 3.8) is 0 Å². The average Bonchev–Trinajstić information content (AvgIpc) is 2.26. The summed E-state index contributed by atoms with van der Waals surface area (Å²) in [6.45, 7) is 7.41. The Balaban J connectivity index is 2.72. The van der Waals surface area contributed by atoms with Crippen molar-refractivity contribution in [1.29, 1.82) is 0 Å². The number of hydrogen-bond acceptors (Lipinski definition) is 4. The van der Waals surface area contributed by atoms with Crippen molar-refractivity contribution in [2.75, 3.05) is 13.6 Å². The number of ether oxygens (including phenoxy) is 1. The number of nitrogens with zero attached hydrogens (tertiary/aromatic N) is 2. The SMILES string of the molecule is CC(C)Oc1ccc(C(=O)N(C)CC(C)(C)O)cn1. The molecule has 0 fully saturated rings. The molecule has 1 aromatic heterocycles. The van der Waals surface area contributed by atoms with Gasteiger partial charge in [-0.15, -0.1) is 0 Å². The Morgan fingerprint density at radius 2 is 2.11 bits per heavy atom. The van der Waals surface area contributed by atoms with Gasteiger partial charge in [-0.2, -0.15) is 0 Å². The molecule has 0 bridgehead atoms. The van der Waals surface area contributed by atoms with Crippen LogP contribution in [0.4, 0.5) is 0 Å². The fourth-order valence-electron chi connectivity index (χ4n) is 1.69. The van der Waals surface area contributed by atoms with E-state index in [-0.39, 0.29) is 18.6 Å². The van der Waals surface area contributed by atoms with Crippen molar-refractivity contribution >= 4 is 5.91 Å². The smallest absolute Gasteiger partial charge is 0.255 e. The van der Waals surface area contributed by atoms with Crippen LogP contribution in [0.1, 0.15) is 38.1 Å². The van der Waals surface area contributed by atoms with Gasteiger partial charge in [0.2, 0.25) is 5.88 Å². The number of carbonyl (C=O) groups excluding carboxylic acids is 1. The molecule has 0 aromatic carbocycles. The zero-order chi connectivity index (χ0) is 14.6. The summed E-state index contributed by atoms with van der Waals surface area (Å²) in [6, 6.07) is 3.35. The van der Waals surface area contributed by atoms with Crippen molar-refractivity contribution < 1.29 is 14.6 Å². The molecule has 5 nitrogen and oxygen atoms in total. The number of carbonyl (C=O) groups is 1. The molecule has 0 aliphatic heterocycles. The Bertz CT molecular complexity index is 421. The largest absolute Gasteiger partial charge is 0.475 e. The molecule has 1 aromatic rings. The number of likely N-dealkylation sites (N-methyl/N-ethyl adjacent to an activating group) is 1. The van der Waals surface area contributed by atoms with Gasteiger partial charge in [-0.1, -0.05) is 0 Å². The lowest BCUT2D eigenvalue weighted by atomic mass is 10.1. The molecule has 0 saturated carbocycles. The molecule has 0 atom stereocenters. The molecule has 1 N–H and O–H groups in total. The quantitative estimate of drug-likeness (QED) is 0.881. The van der Waals surface area contributed by atoms with Crippen LogP contribution in [-0.2, 0) is 0 Å². The lowest BCUT2D eigenvalue weighted by Crippen LogP contribution is -2.39. The molecular weight excluding hydrogens is 244 g/mol. The minimum atomic E-state index is -0.918. The first-order valence-corrected chi connectivity index (χ1v) is 6.29. The van der Waals surface area contributed by atoms with E-state index in [2.05, 4.69) is 4.98 Å². The number of amides is 1. The Hall–Kier alpha value is -1.62. The standard InChI is InChI=1S/C14H22N2O3/c1-10(2)19-12-7-6-11(8-15-12)13(17)16(5)9-14(3,4)18/h6-8,10,18H,9H2,1-5H3. The fraction of sp³-hybridized carbons (Fsp3) is 0.571. The van der Waals surface area contributed by atoms with Crippen LogP contribution in [0, 0.1) is 0 Å². The van der Waals surface area contributed by atoms with Crippen LogP contribution in [0.25, 0.3) is 0 Å². The van der Waals surface area contributed by atoms with Crippen LogP contribution in [-0.4, -0.2) is 46.2 Å². The van der Waals surface area contributed by atoms with Gasteiger partial charge in [0.25, 0.3) is 5.91 Å². The summed E-state index contributed by atoms with van der Waals surface area (Å²) in [4.78, 5) is 17.6. The minimum Gasteiger partial charge on any atom is -0.475 e. The minimum absolute atomic E-state index is 0.0481. The van der Waals surface area contributed by atoms with Gasteiger partial charge >= 0.3 is 0 Å². The maximum atomic E-state index is 12.1. The molecule has 106 valence electrons. The molecule has 0 aliphatic carbocycles. The van der Waals surface area contributed by atoms with Crippen LogP contribution in [0.3, 0.4) is 0 Å². The lowest BCUT2D eigenvalue weighted by molar-refractivity contribution is 0.0367. The van der Waals surface area contributed by atoms with Gasteiger partial charge in [0.15, 0.2) is 0 Å². The Morgan fingerprint density at radius 1 is 1.47 bits per heavy atom. The van der Waals surface area contributed by atoms with Crippen molar-refractivity contribution in [2.24, 2.45) is 0 Å². The normalized spacial score (nSPS) is 11.5. The number of rotatable bonds is 5. The third kappa shape index (κ3) is 5.26. The number of pyridine rings is 1. The van der Waals surface area contributed by atoms with Crippen molar-refractivity contribution in [3.05, 3.63) is 23.9 Å². The highest BCUT2D eigenvalue weighted by Crippen LogP contribution is 2.12. The lowest BCUT2D eigenvalue weighted by Gasteiger charge is -2.25. The van der Waals surface area contributed by atoms with Gasteiger partial charge < -0.3 is 14.7 Å². The predicted molar refractivity (Wildman–Crippen MR) is 73.3 cm³/mol. The molecule has 1 rings (SSSR count). The Kier molecular flexibility index (Phi) is 4.89. The predicted octanol–water partition coefficient (Wildman–Crippen LogP) is 1.71. The highest BCUT2D eigenvalue weighted by atomic mass is 16.5. The van der Waals surface area contributed by atoms with Crippen molar-refractivity contribution in [3.8, 4) is 5.88 Å². The number of hydrogen-bond donors (Lipinski definition) is 1. The first kappa shape index (κ1) is 15.4. The van der Waals surface area contributed by atoms with Gasteiger partial charge in [-0.25, -0.2) is 4.98 Å². The van der Waals surface area contributed by atoms with Crippen LogP contribution < -0.4 is 4.74 Å². The summed E-state index contributed by atoms with van der Waals surface area (Å²) in [5, 5.41) is 9.70. The van der Waals surface area contributed by atoms with E-state index in [1.807, 2.05) is 13.8 Å². The molecule has 0 radical (unpaired) electrons. The first-order valence-electron chi connectivity index (χ1n) is 6.29. The van der Waals surface area contributed by atoms with E-state index in [1.54, 1.807) is 33.0 Å². The van der Waals surface area contributed by atoms with Crippen molar-refractivity contribution in [2.45, 2.75) is 39.4 Å². The Labute approximate surface area is 114 Å². The zero-order valence-electron chi connectivity index (χ0n) is 12.2. The van der Waals surface area contributed by atoms with Crippen LogP contribution in [0.15, 0.2) is 18.3 Å². The molecule has 0 aliphatic rings. The number of aromatic nitrogens is 1. The van der Waals surface area contributed by atoms with Crippen LogP contribution >= 0.6 is 0 Å². The maximum absolute atomic E-state index is 12.1. The van der Waals surface area contributed by atoms with Crippen LogP contribution in [0.5, 0.6) is 5.88 Å². The molecule has 5 heteroatoms. The van der Waals surface area contributed by atoms with E-state index in [1.165, 1.54) is 11.1 Å². The van der Waals surface area contributed by atoms with E-state index in [9.17, 15) is 9.90 Å². The molecule has 1 heterocycles. The zero-order valence-corrected chi connectivity index (χ0v) is 12.2. The molecule has 0 spiro atoms. The summed E-state index contributed by atoms with van der Waals surface area (Å²) >= 11 is 0. The highest BCUT2D eigenvalue weighted by molar-refractivity contribution is 5.93. The van der Waals surface area contributed by atoms with Gasteiger partial charge in [-0.3, -0.25) is 4.79 Å². The summed E-state index contributed by atoms with van der Waals surface area (Å²) in [7, 11) is 1.65. The Morgan fingerprint density at radius 3 is 2.53 bits per heavy atom. The molecule has 0 unspecified atom stereocenters. The van der Waals surface area contributed by atoms with E-state index in [0.29, 0.717) is 11.4 Å². The van der Waals surface area contributed by atoms with Gasteiger partial charge in [0.05, 0.1) is 17.3 Å². The summed E-state index contributed by atoms with van der Waals surface area (Å²) < 4.78 is 5.41. The van der Waals surface area contributed by atoms with E-state index < -0.39 is 5.60 Å². The molecule has 1 amide bonds. The van der Waals surface area contributed by atoms with Gasteiger partial charge in [0.1, 0.15) is 0 Å². The van der Waals surface area contributed by atoms with E-state index >= 15 is 0 Å². The second-order valence-electron chi connectivity index (χ2n) is 5.53. The molecule has 0 saturated heterocycles. The van der Waals surface area contributed by atoms with Gasteiger partial charge in [-0.05, 0) is 33.8 Å². The first-order chi connectivity index (χ1) is 8.69. The number of aliphatic hydroxyl groups is 1. The summed E-state index contributed by atoms with van der Waals surface area (Å²) in [5.74, 6) is 0.322. The van der Waals surface area contributed by atoms with Crippen LogP contribution in [0.2, 0.25) is 0 Å². The third-order valence-electron chi connectivity index (χ3n) is 2.31. The van der Waals surface area contributed by atoms with Gasteiger partial charge in [0, 0.05) is 25.9 Å². The second kappa shape index (κ2) is 6.02. The van der Waals surface area contributed by atoms with Crippen molar-refractivity contribution in [1.82, 2.24) is 9.88 Å². The summed E-state index contributed by atoms with van der Waals surface area (Å²) in [5.41, 5.74) is -0.443. The molecule has 19 heavy (non-hydrogen) atoms. The summed E-state index contributed by atoms with van der Waals surface area (Å²) in [6.07, 6.45) is 1.54. The third-order valence-corrected chi connectivity index (χ3v) is 2.31. The topological polar surface area (TPSA) is 62.7 Å². The fourth-order valence-corrected chi connectivity index (χ4v) is 1.69. The highest BCUT2D eigenvalue weighted by Gasteiger charge is 2.20. The monoisotopic (exact) mass is 266 g/mol. The van der Waals surface area contributed by atoms with E-state index in [0.717, 1.165) is 0 Å². The maximum Gasteiger partial charge on any atom is 0.255 e. The second-order valence-corrected chi connectivity index (χ2v) is 5.53. The molecular formula is C14H22N2O3. The average molecular weight is 266 g/mol. The van der Waals surface area contributed by atoms with E-state index in [4.69, 9.17) is 4.74 Å².